The Morgan fingerprint density at radius 2 is 1.40 bits per heavy atom. The monoisotopic (exact) mass is 210 g/mol. The Morgan fingerprint density at radius 1 is 1.00 bits per heavy atom. The van der Waals surface area contributed by atoms with Crippen LogP contribution < -0.4 is 0 Å². The van der Waals surface area contributed by atoms with Gasteiger partial charge in [0.2, 0.25) is 0 Å². The summed E-state index contributed by atoms with van der Waals surface area (Å²) in [6.45, 7) is 5.71. The number of carbonyl (C=O) groups is 2. The third-order valence-electron chi connectivity index (χ3n) is 4.30. The fourth-order valence-corrected chi connectivity index (χ4v) is 2.92. The second kappa shape index (κ2) is 4.46. The Hall–Kier alpha value is -0.660. The molecule has 3 saturated carbocycles. The van der Waals surface area contributed by atoms with Crippen LogP contribution in [0.5, 0.6) is 0 Å². The third kappa shape index (κ3) is 1.99. The van der Waals surface area contributed by atoms with Crippen molar-refractivity contribution in [2.24, 2.45) is 10.8 Å². The summed E-state index contributed by atoms with van der Waals surface area (Å²) in [4.78, 5) is 22.4. The molecule has 2 nitrogen and oxygen atoms in total. The van der Waals surface area contributed by atoms with Gasteiger partial charge >= 0.3 is 0 Å². The summed E-state index contributed by atoms with van der Waals surface area (Å²) in [6, 6.07) is 0. The minimum absolute atomic E-state index is 0.0369. The molecule has 0 heterocycles. The molecule has 0 radical (unpaired) electrons. The van der Waals surface area contributed by atoms with Crippen LogP contribution in [0.15, 0.2) is 0 Å². The van der Waals surface area contributed by atoms with Crippen LogP contribution in [0.2, 0.25) is 0 Å². The van der Waals surface area contributed by atoms with E-state index in [0.29, 0.717) is 5.78 Å². The van der Waals surface area contributed by atoms with Crippen LogP contribution in [0.1, 0.15) is 59.3 Å². The normalized spacial score (nSPS) is 37.8. The summed E-state index contributed by atoms with van der Waals surface area (Å²) < 4.78 is 0. The summed E-state index contributed by atoms with van der Waals surface area (Å²) in [6.07, 6.45) is 6.79. The predicted octanol–water partition coefficient (Wildman–Crippen LogP) is 3.14. The molecule has 0 aliphatic heterocycles. The number of rotatable bonds is 2. The van der Waals surface area contributed by atoms with Crippen LogP contribution in [-0.2, 0) is 9.59 Å². The lowest BCUT2D eigenvalue weighted by Crippen LogP contribution is -2.45. The minimum atomic E-state index is -0.0444. The lowest BCUT2D eigenvalue weighted by atomic mass is 9.53. The standard InChI is InChI=1S/C11H16O2.C2H6/c1-9(13)11-5-2-10(8-12,3-6-11)4-7-11;1-2/h8H,2-7H2,1H3;1-2H3. The Bertz CT molecular complexity index is 231. The molecule has 3 aliphatic carbocycles. The molecular formula is C13H22O2. The van der Waals surface area contributed by atoms with Crippen molar-refractivity contribution in [2.75, 3.05) is 0 Å². The highest BCUT2D eigenvalue weighted by Crippen LogP contribution is 2.56. The smallest absolute Gasteiger partial charge is 0.135 e. The highest BCUT2D eigenvalue weighted by molar-refractivity contribution is 5.83. The molecule has 86 valence electrons. The van der Waals surface area contributed by atoms with Crippen molar-refractivity contribution in [2.45, 2.75) is 59.3 Å². The summed E-state index contributed by atoms with van der Waals surface area (Å²) in [7, 11) is 0. The highest BCUT2D eigenvalue weighted by atomic mass is 16.1. The Morgan fingerprint density at radius 3 is 1.67 bits per heavy atom. The molecule has 0 aromatic heterocycles. The van der Waals surface area contributed by atoms with Crippen LogP contribution in [0.25, 0.3) is 0 Å². The number of aldehydes is 1. The van der Waals surface area contributed by atoms with E-state index in [0.717, 1.165) is 44.8 Å². The van der Waals surface area contributed by atoms with Crippen LogP contribution in [0, 0.1) is 10.8 Å². The van der Waals surface area contributed by atoms with Gasteiger partial charge in [0.15, 0.2) is 0 Å². The Labute approximate surface area is 92.4 Å². The molecule has 0 saturated heterocycles. The number of ketones is 1. The first-order chi connectivity index (χ1) is 7.13. The molecule has 2 bridgehead atoms. The number of fused-ring (bicyclic) bond motifs is 3. The molecule has 3 aliphatic rings. The van der Waals surface area contributed by atoms with Crippen LogP contribution in [0.4, 0.5) is 0 Å². The Balaban J connectivity index is 0.000000531. The van der Waals surface area contributed by atoms with Gasteiger partial charge in [-0.25, -0.2) is 0 Å². The first-order valence-corrected chi connectivity index (χ1v) is 6.10. The van der Waals surface area contributed by atoms with E-state index in [1.54, 1.807) is 6.92 Å². The van der Waals surface area contributed by atoms with Crippen molar-refractivity contribution < 1.29 is 9.59 Å². The molecule has 0 aromatic carbocycles. The van der Waals surface area contributed by atoms with Gasteiger partial charge in [0.25, 0.3) is 0 Å². The molecule has 0 spiro atoms. The first kappa shape index (κ1) is 12.4. The van der Waals surface area contributed by atoms with Gasteiger partial charge in [-0.3, -0.25) is 4.79 Å². The fourth-order valence-electron chi connectivity index (χ4n) is 2.92. The van der Waals surface area contributed by atoms with Crippen molar-refractivity contribution in [3.8, 4) is 0 Å². The van der Waals surface area contributed by atoms with Crippen LogP contribution in [-0.4, -0.2) is 12.1 Å². The van der Waals surface area contributed by atoms with Crippen molar-refractivity contribution >= 4 is 12.1 Å². The lowest BCUT2D eigenvalue weighted by Gasteiger charge is -2.49. The van der Waals surface area contributed by atoms with Crippen molar-refractivity contribution in [1.82, 2.24) is 0 Å². The van der Waals surface area contributed by atoms with E-state index in [-0.39, 0.29) is 10.8 Å². The van der Waals surface area contributed by atoms with Gasteiger partial charge in [0.05, 0.1) is 0 Å². The summed E-state index contributed by atoms with van der Waals surface area (Å²) in [5.41, 5.74) is -0.0814. The molecule has 0 N–H and O–H groups in total. The number of hydrogen-bond donors (Lipinski definition) is 0. The predicted molar refractivity (Wildman–Crippen MR) is 60.7 cm³/mol. The molecular weight excluding hydrogens is 188 g/mol. The maximum absolute atomic E-state index is 11.5. The van der Waals surface area contributed by atoms with E-state index in [2.05, 4.69) is 0 Å². The van der Waals surface area contributed by atoms with Gasteiger partial charge in [-0.05, 0) is 45.4 Å². The van der Waals surface area contributed by atoms with Gasteiger partial charge in [-0.15, -0.1) is 0 Å². The number of Topliss-reactive ketones (excluding diaryl/α,β-unsaturated/α-hetero) is 1. The zero-order chi connectivity index (χ0) is 11.5. The average Bonchev–Trinajstić information content (AvgIpc) is 2.34. The number of hydrogen-bond acceptors (Lipinski definition) is 2. The largest absolute Gasteiger partial charge is 0.303 e. The summed E-state index contributed by atoms with van der Waals surface area (Å²) in [5, 5.41) is 0. The molecule has 0 aromatic rings. The van der Waals surface area contributed by atoms with Gasteiger partial charge in [0.1, 0.15) is 12.1 Å². The molecule has 3 fully saturated rings. The number of carbonyl (C=O) groups excluding carboxylic acids is 2. The van der Waals surface area contributed by atoms with E-state index in [9.17, 15) is 9.59 Å². The molecule has 0 atom stereocenters. The maximum Gasteiger partial charge on any atom is 0.135 e. The average molecular weight is 210 g/mol. The van der Waals surface area contributed by atoms with Gasteiger partial charge < -0.3 is 4.79 Å². The highest BCUT2D eigenvalue weighted by Gasteiger charge is 2.50. The van der Waals surface area contributed by atoms with E-state index in [4.69, 9.17) is 0 Å². The topological polar surface area (TPSA) is 34.1 Å². The zero-order valence-electron chi connectivity index (χ0n) is 10.1. The van der Waals surface area contributed by atoms with Gasteiger partial charge in [0, 0.05) is 10.8 Å². The minimum Gasteiger partial charge on any atom is -0.303 e. The molecule has 2 heteroatoms. The van der Waals surface area contributed by atoms with E-state index >= 15 is 0 Å². The van der Waals surface area contributed by atoms with Crippen LogP contribution >= 0.6 is 0 Å². The first-order valence-electron chi connectivity index (χ1n) is 6.10. The maximum atomic E-state index is 11.5. The lowest BCUT2D eigenvalue weighted by molar-refractivity contribution is -0.140. The second-order valence-corrected chi connectivity index (χ2v) is 4.82. The van der Waals surface area contributed by atoms with Gasteiger partial charge in [-0.2, -0.15) is 0 Å². The third-order valence-corrected chi connectivity index (χ3v) is 4.30. The SMILES string of the molecule is CC.CC(=O)C12CCC(C=O)(CC1)CC2. The summed E-state index contributed by atoms with van der Waals surface area (Å²) >= 11 is 0. The molecule has 3 rings (SSSR count). The zero-order valence-corrected chi connectivity index (χ0v) is 10.1. The van der Waals surface area contributed by atoms with Crippen LogP contribution in [0.3, 0.4) is 0 Å². The van der Waals surface area contributed by atoms with Crippen molar-refractivity contribution in [1.29, 1.82) is 0 Å². The van der Waals surface area contributed by atoms with Crippen molar-refractivity contribution in [3.05, 3.63) is 0 Å². The fraction of sp³-hybridized carbons (Fsp3) is 0.846. The van der Waals surface area contributed by atoms with Gasteiger partial charge in [-0.1, -0.05) is 13.8 Å². The quantitative estimate of drug-likeness (QED) is 0.656. The van der Waals surface area contributed by atoms with E-state index < -0.39 is 0 Å². The summed E-state index contributed by atoms with van der Waals surface area (Å²) in [5.74, 6) is 0.340. The van der Waals surface area contributed by atoms with E-state index in [1.807, 2.05) is 13.8 Å². The van der Waals surface area contributed by atoms with E-state index in [1.165, 1.54) is 0 Å². The molecule has 0 amide bonds. The molecule has 0 unspecified atom stereocenters. The molecule has 15 heavy (non-hydrogen) atoms. The Kier molecular flexibility index (Phi) is 3.69. The second-order valence-electron chi connectivity index (χ2n) is 4.82. The van der Waals surface area contributed by atoms with Crippen molar-refractivity contribution in [3.63, 3.8) is 0 Å².